The molecule has 0 heterocycles. The second-order valence-electron chi connectivity index (χ2n) is 16.6. The van der Waals surface area contributed by atoms with E-state index in [1.165, 1.54) is 33.2 Å². The molecule has 0 bridgehead atoms. The Balaban J connectivity index is 1.29. The highest BCUT2D eigenvalue weighted by molar-refractivity contribution is 6.03. The molecule has 0 spiro atoms. The van der Waals surface area contributed by atoms with Crippen molar-refractivity contribution in [1.29, 1.82) is 0 Å². The Morgan fingerprint density at radius 2 is 1.51 bits per heavy atom. The van der Waals surface area contributed by atoms with Gasteiger partial charge in [0.05, 0.1) is 25.5 Å². The van der Waals surface area contributed by atoms with Crippen molar-refractivity contribution >= 4 is 51.4 Å². The summed E-state index contributed by atoms with van der Waals surface area (Å²) in [5.41, 5.74) is 10.7. The third-order valence-electron chi connectivity index (χ3n) is 12.0. The number of nitrogens with one attached hydrogen (secondary N) is 1. The average Bonchev–Trinajstić information content (AvgIpc) is 3.23. The predicted octanol–water partition coefficient (Wildman–Crippen LogP) is 11.4. The molecule has 1 aliphatic carbocycles. The smallest absolute Gasteiger partial charge is 0.306 e. The molecule has 0 radical (unpaired) electrons. The van der Waals surface area contributed by atoms with Gasteiger partial charge in [-0.25, -0.2) is 0 Å². The zero-order valence-electron chi connectivity index (χ0n) is 36.4. The summed E-state index contributed by atoms with van der Waals surface area (Å²) >= 11 is 0. The van der Waals surface area contributed by atoms with Crippen LogP contribution in [-0.4, -0.2) is 37.7 Å². The maximum Gasteiger partial charge on any atom is 0.306 e. The Morgan fingerprint density at radius 1 is 0.831 bits per heavy atom. The number of carbonyl (C=O) groups excluding carboxylic acids is 2. The first-order valence-corrected chi connectivity index (χ1v) is 21.9. The molecule has 1 N–H and O–H groups in total. The van der Waals surface area contributed by atoms with Crippen molar-refractivity contribution in [2.24, 2.45) is 5.92 Å². The summed E-state index contributed by atoms with van der Waals surface area (Å²) in [5, 5.41) is 8.49. The van der Waals surface area contributed by atoms with E-state index >= 15 is 0 Å². The van der Waals surface area contributed by atoms with Gasteiger partial charge in [0.25, 0.3) is 0 Å². The molecular weight excluding hydrogens is 729 g/mol. The van der Waals surface area contributed by atoms with Gasteiger partial charge in [-0.3, -0.25) is 9.59 Å². The number of benzene rings is 5. The summed E-state index contributed by atoms with van der Waals surface area (Å²) in [7, 11) is 2.15. The average molecular weight is 793 g/mol. The van der Waals surface area contributed by atoms with Gasteiger partial charge in [-0.15, -0.1) is 0 Å². The summed E-state index contributed by atoms with van der Waals surface area (Å²) in [4.78, 5) is 27.6. The van der Waals surface area contributed by atoms with Crippen LogP contribution in [0.2, 0.25) is 0 Å². The lowest BCUT2D eigenvalue weighted by molar-refractivity contribution is -0.155. The molecule has 3 unspecified atom stereocenters. The number of anilines is 3. The Morgan fingerprint density at radius 3 is 2.20 bits per heavy atom. The number of ether oxygens (including phenoxy) is 2. The third-order valence-corrected chi connectivity index (χ3v) is 12.0. The summed E-state index contributed by atoms with van der Waals surface area (Å²) < 4.78 is 11.4. The molecule has 0 aromatic heterocycles. The normalized spacial score (nSPS) is 15.6. The number of nitrogens with zero attached hydrogens (tertiary/aromatic N) is 1. The molecule has 6 heteroatoms. The van der Waals surface area contributed by atoms with E-state index in [1.807, 2.05) is 0 Å². The fourth-order valence-electron chi connectivity index (χ4n) is 8.58. The molecule has 1 aliphatic rings. The number of rotatable bonds is 16. The van der Waals surface area contributed by atoms with E-state index in [4.69, 9.17) is 9.47 Å². The monoisotopic (exact) mass is 792 g/mol. The van der Waals surface area contributed by atoms with Gasteiger partial charge in [0.1, 0.15) is 6.10 Å². The van der Waals surface area contributed by atoms with Crippen LogP contribution >= 0.6 is 0 Å². The van der Waals surface area contributed by atoms with Crippen LogP contribution in [0.4, 0.5) is 17.1 Å². The minimum Gasteiger partial charge on any atom is -0.466 e. The fraction of sp³-hybridized carbons (Fsp3) is 0.396. The Hall–Kier alpha value is -5.36. The van der Waals surface area contributed by atoms with E-state index in [-0.39, 0.29) is 36.9 Å². The van der Waals surface area contributed by atoms with Crippen molar-refractivity contribution in [2.45, 2.75) is 118 Å². The number of carbonyl (C=O) groups is 2. The lowest BCUT2D eigenvalue weighted by atomic mass is 9.89. The highest BCUT2D eigenvalue weighted by atomic mass is 16.5. The maximum absolute atomic E-state index is 13.0. The highest BCUT2D eigenvalue weighted by Crippen LogP contribution is 2.36. The number of esters is 2. The van der Waals surface area contributed by atoms with Gasteiger partial charge >= 0.3 is 11.9 Å². The highest BCUT2D eigenvalue weighted by Gasteiger charge is 2.29. The number of aryl methyl sites for hydroxylation is 3. The van der Waals surface area contributed by atoms with E-state index in [0.717, 1.165) is 89.9 Å². The van der Waals surface area contributed by atoms with Gasteiger partial charge < -0.3 is 19.7 Å². The number of unbranched alkanes of at least 4 members (excludes halogenated alkanes) is 1. The summed E-state index contributed by atoms with van der Waals surface area (Å²) in [6.45, 7) is 13.4. The van der Waals surface area contributed by atoms with Gasteiger partial charge in [0.15, 0.2) is 0 Å². The zero-order chi connectivity index (χ0) is 41.9. The lowest BCUT2D eigenvalue weighted by Gasteiger charge is -2.33. The Labute approximate surface area is 352 Å². The predicted molar refractivity (Wildman–Crippen MR) is 246 cm³/mol. The van der Waals surface area contributed by atoms with Gasteiger partial charge in [0, 0.05) is 29.5 Å². The van der Waals surface area contributed by atoms with Crippen LogP contribution in [0.15, 0.2) is 97.1 Å². The molecular formula is C53H64N2O4. The summed E-state index contributed by atoms with van der Waals surface area (Å²) in [6.07, 6.45) is 9.90. The van der Waals surface area contributed by atoms with E-state index in [1.54, 1.807) is 0 Å². The molecule has 59 heavy (non-hydrogen) atoms. The van der Waals surface area contributed by atoms with E-state index < -0.39 is 0 Å². The van der Waals surface area contributed by atoms with Gasteiger partial charge in [-0.1, -0.05) is 131 Å². The first-order chi connectivity index (χ1) is 28.6. The van der Waals surface area contributed by atoms with Crippen molar-refractivity contribution in [3.8, 4) is 0 Å². The molecule has 310 valence electrons. The van der Waals surface area contributed by atoms with Crippen LogP contribution in [0.1, 0.15) is 113 Å². The maximum atomic E-state index is 13.0. The van der Waals surface area contributed by atoms with Gasteiger partial charge in [-0.05, 0) is 121 Å². The number of fused-ring (bicyclic) bond motifs is 1. The molecule has 5 aromatic rings. The van der Waals surface area contributed by atoms with Crippen molar-refractivity contribution < 1.29 is 19.1 Å². The SMILES string of the molecule is CCCC=c1ccc(=C(c2ccc(N(C)c3c(C)cc(C)cc3C)cc2)c2ccc(NC3CCCCC3OC(=O)CCC(=O)OCCC(C)CC)c3ccccc23)cc1. The molecule has 3 atom stereocenters. The molecule has 0 saturated heterocycles. The molecule has 6 rings (SSSR count). The van der Waals surface area contributed by atoms with Gasteiger partial charge in [0.2, 0.25) is 0 Å². The molecule has 5 aromatic carbocycles. The minimum atomic E-state index is -0.346. The standard InChI is InChI=1S/C53H64N2O4/c1-8-10-15-40-20-22-41(23-21-40)52(42-24-26-43(27-25-42)55(7)53-38(5)34-37(4)35-39(53)6)46-28-29-47(45-17-12-11-16-44(45)46)54-48-18-13-14-19-49(48)59-51(57)31-30-50(56)58-33-32-36(3)9-2/h11-12,15-17,20-29,34-36,48-49,54H,8-10,13-14,18-19,30-33H2,1-7H3. The number of hydrogen-bond acceptors (Lipinski definition) is 6. The summed E-state index contributed by atoms with van der Waals surface area (Å²) in [5.74, 6) is -0.179. The largest absolute Gasteiger partial charge is 0.466 e. The summed E-state index contributed by atoms with van der Waals surface area (Å²) in [6, 6.07) is 35.5. The first kappa shape index (κ1) is 43.2. The molecule has 6 nitrogen and oxygen atoms in total. The number of hydrogen-bond donors (Lipinski definition) is 1. The third kappa shape index (κ3) is 11.0. The molecule has 1 fully saturated rings. The second kappa shape index (κ2) is 20.6. The van der Waals surface area contributed by atoms with Crippen molar-refractivity contribution in [3.63, 3.8) is 0 Å². The topological polar surface area (TPSA) is 67.9 Å². The Kier molecular flexibility index (Phi) is 15.1. The van der Waals surface area contributed by atoms with Crippen molar-refractivity contribution in [3.05, 3.63) is 135 Å². The van der Waals surface area contributed by atoms with E-state index in [9.17, 15) is 9.59 Å². The van der Waals surface area contributed by atoms with E-state index in [2.05, 4.69) is 162 Å². The first-order valence-electron chi connectivity index (χ1n) is 21.9. The van der Waals surface area contributed by atoms with Crippen LogP contribution in [0.5, 0.6) is 0 Å². The fourth-order valence-corrected chi connectivity index (χ4v) is 8.58. The Bertz CT molecular complexity index is 2300. The lowest BCUT2D eigenvalue weighted by Crippen LogP contribution is -2.39. The molecule has 0 aliphatic heterocycles. The minimum absolute atomic E-state index is 0.0295. The molecule has 0 amide bonds. The van der Waals surface area contributed by atoms with Gasteiger partial charge in [-0.2, -0.15) is 0 Å². The van der Waals surface area contributed by atoms with E-state index in [0.29, 0.717) is 12.5 Å². The second-order valence-corrected chi connectivity index (χ2v) is 16.6. The molecule has 1 saturated carbocycles. The van der Waals surface area contributed by atoms with Crippen LogP contribution in [0.25, 0.3) is 22.4 Å². The van der Waals surface area contributed by atoms with Crippen LogP contribution in [-0.2, 0) is 19.1 Å². The van der Waals surface area contributed by atoms with Crippen LogP contribution in [0.3, 0.4) is 0 Å². The van der Waals surface area contributed by atoms with Crippen molar-refractivity contribution in [2.75, 3.05) is 23.9 Å². The van der Waals surface area contributed by atoms with Crippen LogP contribution < -0.4 is 20.7 Å². The zero-order valence-corrected chi connectivity index (χ0v) is 36.4. The quantitative estimate of drug-likeness (QED) is 0.100. The van der Waals surface area contributed by atoms with Crippen LogP contribution in [0, 0.1) is 26.7 Å². The van der Waals surface area contributed by atoms with Crippen molar-refractivity contribution in [1.82, 2.24) is 0 Å².